The van der Waals surface area contributed by atoms with E-state index in [-0.39, 0.29) is 6.10 Å². The van der Waals surface area contributed by atoms with Crippen molar-refractivity contribution >= 4 is 10.8 Å². The molecule has 4 rings (SSSR count). The van der Waals surface area contributed by atoms with Gasteiger partial charge in [-0.05, 0) is 28.8 Å². The molecule has 0 radical (unpaired) electrons. The van der Waals surface area contributed by atoms with Gasteiger partial charge in [0.2, 0.25) is 11.8 Å². The Bertz CT molecular complexity index is 859. The first kappa shape index (κ1) is 15.3. The zero-order valence-electron chi connectivity index (χ0n) is 14.0. The van der Waals surface area contributed by atoms with Crippen molar-refractivity contribution in [2.45, 2.75) is 26.5 Å². The predicted octanol–water partition coefficient (Wildman–Crippen LogP) is 3.41. The van der Waals surface area contributed by atoms with Crippen molar-refractivity contribution in [1.29, 1.82) is 0 Å². The number of morpholine rings is 1. The summed E-state index contributed by atoms with van der Waals surface area (Å²) in [5.74, 6) is 1.16. The minimum atomic E-state index is -0.138. The molecule has 5 nitrogen and oxygen atoms in total. The number of fused-ring (bicyclic) bond motifs is 1. The third kappa shape index (κ3) is 2.92. The van der Waals surface area contributed by atoms with Gasteiger partial charge in [0.05, 0.1) is 6.61 Å². The molecule has 0 N–H and O–H groups in total. The van der Waals surface area contributed by atoms with Crippen molar-refractivity contribution in [2.24, 2.45) is 0 Å². The molecule has 2 aromatic carbocycles. The number of hydrogen-bond acceptors (Lipinski definition) is 5. The van der Waals surface area contributed by atoms with Gasteiger partial charge in [-0.2, -0.15) is 0 Å². The van der Waals surface area contributed by atoms with E-state index in [1.54, 1.807) is 6.92 Å². The molecule has 0 spiro atoms. The van der Waals surface area contributed by atoms with Crippen LogP contribution in [0.4, 0.5) is 0 Å². The van der Waals surface area contributed by atoms with E-state index in [4.69, 9.17) is 9.15 Å². The van der Waals surface area contributed by atoms with Crippen LogP contribution in [0.15, 0.2) is 40.8 Å². The molecule has 0 aliphatic carbocycles. The average Bonchev–Trinajstić information content (AvgIpc) is 3.04. The molecule has 3 aromatic rings. The minimum absolute atomic E-state index is 0.138. The van der Waals surface area contributed by atoms with E-state index in [0.29, 0.717) is 18.4 Å². The van der Waals surface area contributed by atoms with Gasteiger partial charge in [0, 0.05) is 26.6 Å². The second-order valence-corrected chi connectivity index (χ2v) is 6.32. The van der Waals surface area contributed by atoms with Gasteiger partial charge < -0.3 is 9.15 Å². The summed E-state index contributed by atoms with van der Waals surface area (Å²) < 4.78 is 11.3. The SMILES string of the molecule is Cc1nnc(C2CN(Cc3ccc4ccccc4c3C)CCO2)o1. The number of aromatic nitrogens is 2. The number of ether oxygens (including phenoxy) is 1. The number of rotatable bonds is 3. The topological polar surface area (TPSA) is 51.4 Å². The largest absolute Gasteiger partial charge is 0.423 e. The summed E-state index contributed by atoms with van der Waals surface area (Å²) in [4.78, 5) is 2.39. The Morgan fingerprint density at radius 1 is 1.12 bits per heavy atom. The van der Waals surface area contributed by atoms with Crippen LogP contribution in [0.5, 0.6) is 0 Å². The molecular formula is C19H21N3O2. The molecule has 1 unspecified atom stereocenters. The van der Waals surface area contributed by atoms with Gasteiger partial charge in [-0.15, -0.1) is 10.2 Å². The molecule has 0 bridgehead atoms. The summed E-state index contributed by atoms with van der Waals surface area (Å²) in [5.41, 5.74) is 2.71. The molecule has 1 aromatic heterocycles. The minimum Gasteiger partial charge on any atom is -0.423 e. The average molecular weight is 323 g/mol. The molecule has 1 aliphatic heterocycles. The normalized spacial score (nSPS) is 19.0. The lowest BCUT2D eigenvalue weighted by Crippen LogP contribution is -2.38. The Balaban J connectivity index is 1.53. The number of hydrogen-bond donors (Lipinski definition) is 0. The van der Waals surface area contributed by atoms with Gasteiger partial charge in [-0.25, -0.2) is 0 Å². The van der Waals surface area contributed by atoms with Gasteiger partial charge >= 0.3 is 0 Å². The van der Waals surface area contributed by atoms with Crippen molar-refractivity contribution in [3.63, 3.8) is 0 Å². The quantitative estimate of drug-likeness (QED) is 0.739. The zero-order valence-corrected chi connectivity index (χ0v) is 14.0. The van der Waals surface area contributed by atoms with Crippen LogP contribution < -0.4 is 0 Å². The van der Waals surface area contributed by atoms with E-state index in [1.165, 1.54) is 21.9 Å². The van der Waals surface area contributed by atoms with Gasteiger partial charge in [0.1, 0.15) is 6.10 Å². The zero-order chi connectivity index (χ0) is 16.5. The Labute approximate surface area is 141 Å². The highest BCUT2D eigenvalue weighted by molar-refractivity contribution is 5.86. The third-order valence-corrected chi connectivity index (χ3v) is 4.67. The maximum Gasteiger partial charge on any atom is 0.246 e. The van der Waals surface area contributed by atoms with Crippen LogP contribution in [-0.2, 0) is 11.3 Å². The van der Waals surface area contributed by atoms with Gasteiger partial charge in [-0.3, -0.25) is 4.90 Å². The Morgan fingerprint density at radius 3 is 2.83 bits per heavy atom. The number of benzene rings is 2. The molecule has 1 atom stereocenters. The molecule has 0 amide bonds. The van der Waals surface area contributed by atoms with E-state index in [9.17, 15) is 0 Å². The summed E-state index contributed by atoms with van der Waals surface area (Å²) in [6.07, 6.45) is -0.138. The van der Waals surface area contributed by atoms with E-state index in [2.05, 4.69) is 58.4 Å². The highest BCUT2D eigenvalue weighted by Gasteiger charge is 2.26. The summed E-state index contributed by atoms with van der Waals surface area (Å²) >= 11 is 0. The lowest BCUT2D eigenvalue weighted by atomic mass is 9.99. The van der Waals surface area contributed by atoms with E-state index in [1.807, 2.05) is 0 Å². The fraction of sp³-hybridized carbons (Fsp3) is 0.368. The van der Waals surface area contributed by atoms with Crippen LogP contribution >= 0.6 is 0 Å². The maximum absolute atomic E-state index is 5.81. The fourth-order valence-corrected chi connectivity index (χ4v) is 3.32. The van der Waals surface area contributed by atoms with E-state index >= 15 is 0 Å². The monoisotopic (exact) mass is 323 g/mol. The van der Waals surface area contributed by atoms with Crippen LogP contribution in [0.2, 0.25) is 0 Å². The highest BCUT2D eigenvalue weighted by atomic mass is 16.5. The summed E-state index contributed by atoms with van der Waals surface area (Å²) in [6.45, 7) is 7.28. The van der Waals surface area contributed by atoms with Crippen LogP contribution in [-0.4, -0.2) is 34.8 Å². The molecule has 1 fully saturated rings. The molecule has 24 heavy (non-hydrogen) atoms. The fourth-order valence-electron chi connectivity index (χ4n) is 3.32. The first-order valence-corrected chi connectivity index (χ1v) is 8.32. The summed E-state index contributed by atoms with van der Waals surface area (Å²) in [6, 6.07) is 13.0. The van der Waals surface area contributed by atoms with Crippen molar-refractivity contribution in [3.8, 4) is 0 Å². The maximum atomic E-state index is 5.81. The predicted molar refractivity (Wildman–Crippen MR) is 91.7 cm³/mol. The lowest BCUT2D eigenvalue weighted by Gasteiger charge is -2.31. The molecular weight excluding hydrogens is 302 g/mol. The van der Waals surface area contributed by atoms with Crippen molar-refractivity contribution < 1.29 is 9.15 Å². The van der Waals surface area contributed by atoms with Crippen molar-refractivity contribution in [3.05, 3.63) is 59.3 Å². The van der Waals surface area contributed by atoms with Crippen LogP contribution in [0.1, 0.15) is 29.0 Å². The molecule has 5 heteroatoms. The standard InChI is InChI=1S/C19H21N3O2/c1-13-16(8-7-15-5-3-4-6-17(13)15)11-22-9-10-23-18(12-22)19-21-20-14(2)24-19/h3-8,18H,9-12H2,1-2H3. The van der Waals surface area contributed by atoms with E-state index < -0.39 is 0 Å². The Hall–Kier alpha value is -2.24. The van der Waals surface area contributed by atoms with Crippen LogP contribution in [0.25, 0.3) is 10.8 Å². The smallest absolute Gasteiger partial charge is 0.246 e. The molecule has 0 saturated carbocycles. The third-order valence-electron chi connectivity index (χ3n) is 4.67. The summed E-state index contributed by atoms with van der Waals surface area (Å²) in [7, 11) is 0. The first-order valence-electron chi connectivity index (χ1n) is 8.32. The van der Waals surface area contributed by atoms with Gasteiger partial charge in [0.25, 0.3) is 0 Å². The number of nitrogens with zero attached hydrogens (tertiary/aromatic N) is 3. The van der Waals surface area contributed by atoms with Crippen LogP contribution in [0.3, 0.4) is 0 Å². The molecule has 1 aliphatic rings. The Morgan fingerprint density at radius 2 is 2.00 bits per heavy atom. The molecule has 2 heterocycles. The second kappa shape index (κ2) is 6.34. The lowest BCUT2D eigenvalue weighted by molar-refractivity contribution is -0.0457. The number of aryl methyl sites for hydroxylation is 2. The highest BCUT2D eigenvalue weighted by Crippen LogP contribution is 2.26. The van der Waals surface area contributed by atoms with Gasteiger partial charge in [-0.1, -0.05) is 36.4 Å². The summed E-state index contributed by atoms with van der Waals surface area (Å²) in [5, 5.41) is 10.6. The second-order valence-electron chi connectivity index (χ2n) is 6.32. The first-order chi connectivity index (χ1) is 11.7. The van der Waals surface area contributed by atoms with Gasteiger partial charge in [0.15, 0.2) is 0 Å². The molecule has 1 saturated heterocycles. The Kier molecular flexibility index (Phi) is 4.04. The van der Waals surface area contributed by atoms with E-state index in [0.717, 1.165) is 19.6 Å². The molecule has 124 valence electrons. The van der Waals surface area contributed by atoms with Crippen LogP contribution in [0, 0.1) is 13.8 Å². The van der Waals surface area contributed by atoms with Crippen molar-refractivity contribution in [2.75, 3.05) is 19.7 Å². The van der Waals surface area contributed by atoms with Crippen molar-refractivity contribution in [1.82, 2.24) is 15.1 Å².